The van der Waals surface area contributed by atoms with E-state index in [-0.39, 0.29) is 10.7 Å². The summed E-state index contributed by atoms with van der Waals surface area (Å²) in [5, 5.41) is 3.22. The van der Waals surface area contributed by atoms with Crippen molar-refractivity contribution < 1.29 is 4.79 Å². The summed E-state index contributed by atoms with van der Waals surface area (Å²) in [6.07, 6.45) is 1.39. The minimum Gasteiger partial charge on any atom is -0.397 e. The number of benzene rings is 1. The standard InChI is InChI=1S/C13H11Cl2N3O/c1-7-2-3-11(10(14)4-7)18-13(19)9-5-8(16)6-17-12(9)15/h2-6H,16H2,1H3,(H,18,19). The Morgan fingerprint density at radius 3 is 2.74 bits per heavy atom. The maximum absolute atomic E-state index is 12.1. The average Bonchev–Trinajstić information content (AvgIpc) is 2.35. The second-order valence-electron chi connectivity index (χ2n) is 4.04. The third-order valence-electron chi connectivity index (χ3n) is 2.48. The predicted molar refractivity (Wildman–Crippen MR) is 77.8 cm³/mol. The lowest BCUT2D eigenvalue weighted by Gasteiger charge is -2.09. The normalized spacial score (nSPS) is 10.3. The second kappa shape index (κ2) is 5.47. The van der Waals surface area contributed by atoms with Crippen molar-refractivity contribution in [3.63, 3.8) is 0 Å². The number of carbonyl (C=O) groups excluding carboxylic acids is 1. The van der Waals surface area contributed by atoms with Crippen molar-refractivity contribution in [2.45, 2.75) is 6.92 Å². The van der Waals surface area contributed by atoms with Gasteiger partial charge < -0.3 is 11.1 Å². The molecule has 1 aromatic heterocycles. The van der Waals surface area contributed by atoms with E-state index in [0.29, 0.717) is 16.4 Å². The maximum Gasteiger partial charge on any atom is 0.258 e. The van der Waals surface area contributed by atoms with Gasteiger partial charge in [-0.15, -0.1) is 0 Å². The molecule has 19 heavy (non-hydrogen) atoms. The molecule has 0 aliphatic rings. The molecule has 4 nitrogen and oxygen atoms in total. The summed E-state index contributed by atoms with van der Waals surface area (Å²) in [6, 6.07) is 6.80. The van der Waals surface area contributed by atoms with Crippen molar-refractivity contribution >= 4 is 40.5 Å². The van der Waals surface area contributed by atoms with Crippen LogP contribution in [0, 0.1) is 6.92 Å². The molecule has 0 aliphatic carbocycles. The van der Waals surface area contributed by atoms with Crippen molar-refractivity contribution in [2.24, 2.45) is 0 Å². The van der Waals surface area contributed by atoms with Crippen LogP contribution in [0.2, 0.25) is 10.2 Å². The summed E-state index contributed by atoms with van der Waals surface area (Å²) in [5.74, 6) is -0.407. The van der Waals surface area contributed by atoms with Gasteiger partial charge in [-0.3, -0.25) is 4.79 Å². The van der Waals surface area contributed by atoms with Crippen LogP contribution in [0.5, 0.6) is 0 Å². The van der Waals surface area contributed by atoms with Crippen LogP contribution in [0.4, 0.5) is 11.4 Å². The molecule has 0 saturated heterocycles. The van der Waals surface area contributed by atoms with Gasteiger partial charge in [0.2, 0.25) is 0 Å². The van der Waals surface area contributed by atoms with Crippen LogP contribution in [0.25, 0.3) is 0 Å². The molecule has 6 heteroatoms. The van der Waals surface area contributed by atoms with E-state index in [1.165, 1.54) is 12.3 Å². The van der Waals surface area contributed by atoms with E-state index >= 15 is 0 Å². The van der Waals surface area contributed by atoms with E-state index in [1.807, 2.05) is 13.0 Å². The molecule has 0 saturated carbocycles. The number of amides is 1. The van der Waals surface area contributed by atoms with E-state index in [2.05, 4.69) is 10.3 Å². The monoisotopic (exact) mass is 295 g/mol. The number of carbonyl (C=O) groups is 1. The number of nitrogens with one attached hydrogen (secondary N) is 1. The first-order chi connectivity index (χ1) is 8.97. The number of nitrogen functional groups attached to an aromatic ring is 1. The molecule has 0 radical (unpaired) electrons. The van der Waals surface area contributed by atoms with Crippen LogP contribution in [0.3, 0.4) is 0 Å². The summed E-state index contributed by atoms with van der Waals surface area (Å²) in [7, 11) is 0. The zero-order chi connectivity index (χ0) is 14.0. The van der Waals surface area contributed by atoms with Crippen LogP contribution in [0.15, 0.2) is 30.5 Å². The zero-order valence-electron chi connectivity index (χ0n) is 10.1. The summed E-state index contributed by atoms with van der Waals surface area (Å²) in [5.41, 5.74) is 7.67. The van der Waals surface area contributed by atoms with E-state index in [0.717, 1.165) is 5.56 Å². The van der Waals surface area contributed by atoms with Crippen LogP contribution >= 0.6 is 23.2 Å². The largest absolute Gasteiger partial charge is 0.397 e. The smallest absolute Gasteiger partial charge is 0.258 e. The van der Waals surface area contributed by atoms with Gasteiger partial charge in [-0.25, -0.2) is 4.98 Å². The number of pyridine rings is 1. The molecule has 0 bridgehead atoms. The van der Waals surface area contributed by atoms with E-state index in [9.17, 15) is 4.79 Å². The molecular formula is C13H11Cl2N3O. The number of halogens is 2. The van der Waals surface area contributed by atoms with E-state index < -0.39 is 5.91 Å². The van der Waals surface area contributed by atoms with Crippen LogP contribution in [0.1, 0.15) is 15.9 Å². The molecule has 0 spiro atoms. The summed E-state index contributed by atoms with van der Waals surface area (Å²) < 4.78 is 0. The number of nitrogens with zero attached hydrogens (tertiary/aromatic N) is 1. The van der Waals surface area contributed by atoms with Crippen LogP contribution in [-0.4, -0.2) is 10.9 Å². The zero-order valence-corrected chi connectivity index (χ0v) is 11.6. The van der Waals surface area contributed by atoms with Gasteiger partial charge in [0, 0.05) is 0 Å². The average molecular weight is 296 g/mol. The van der Waals surface area contributed by atoms with Gasteiger partial charge in [0.1, 0.15) is 5.15 Å². The third kappa shape index (κ3) is 3.16. The maximum atomic E-state index is 12.1. The first kappa shape index (κ1) is 13.6. The minimum absolute atomic E-state index is 0.0925. The molecule has 1 heterocycles. The molecule has 3 N–H and O–H groups in total. The number of rotatable bonds is 2. The van der Waals surface area contributed by atoms with Gasteiger partial charge in [0.25, 0.3) is 5.91 Å². The Hall–Kier alpha value is -1.78. The lowest BCUT2D eigenvalue weighted by Crippen LogP contribution is -2.13. The topological polar surface area (TPSA) is 68.0 Å². The number of hydrogen-bond acceptors (Lipinski definition) is 3. The summed E-state index contributed by atoms with van der Waals surface area (Å²) in [6.45, 7) is 1.91. The fourth-order valence-electron chi connectivity index (χ4n) is 1.53. The second-order valence-corrected chi connectivity index (χ2v) is 4.81. The Kier molecular flexibility index (Phi) is 3.93. The molecule has 0 fully saturated rings. The van der Waals surface area contributed by atoms with E-state index in [4.69, 9.17) is 28.9 Å². The highest BCUT2D eigenvalue weighted by Gasteiger charge is 2.13. The third-order valence-corrected chi connectivity index (χ3v) is 3.09. The molecule has 1 aromatic carbocycles. The van der Waals surface area contributed by atoms with Crippen LogP contribution in [-0.2, 0) is 0 Å². The van der Waals surface area contributed by atoms with Crippen molar-refractivity contribution in [1.29, 1.82) is 0 Å². The minimum atomic E-state index is -0.407. The van der Waals surface area contributed by atoms with Gasteiger partial charge >= 0.3 is 0 Å². The Labute approximate surface area is 120 Å². The number of hydrogen-bond donors (Lipinski definition) is 2. The Bertz CT molecular complexity index is 644. The molecule has 0 atom stereocenters. The number of aryl methyl sites for hydroxylation is 1. The van der Waals surface area contributed by atoms with Gasteiger partial charge in [-0.2, -0.15) is 0 Å². The van der Waals surface area contributed by atoms with Crippen LogP contribution < -0.4 is 11.1 Å². The number of aromatic nitrogens is 1. The van der Waals surface area contributed by atoms with Gasteiger partial charge in [-0.1, -0.05) is 29.3 Å². The lowest BCUT2D eigenvalue weighted by molar-refractivity contribution is 0.102. The first-order valence-electron chi connectivity index (χ1n) is 5.46. The molecule has 98 valence electrons. The fraction of sp³-hybridized carbons (Fsp3) is 0.0769. The molecule has 0 unspecified atom stereocenters. The van der Waals surface area contributed by atoms with Crippen molar-refractivity contribution in [1.82, 2.24) is 4.98 Å². The highest BCUT2D eigenvalue weighted by molar-refractivity contribution is 6.35. The molecule has 2 rings (SSSR count). The lowest BCUT2D eigenvalue weighted by atomic mass is 10.2. The Balaban J connectivity index is 2.28. The van der Waals surface area contributed by atoms with Gasteiger partial charge in [-0.05, 0) is 30.7 Å². The van der Waals surface area contributed by atoms with E-state index in [1.54, 1.807) is 12.1 Å². The van der Waals surface area contributed by atoms with Gasteiger partial charge in [0.15, 0.2) is 0 Å². The highest BCUT2D eigenvalue weighted by Crippen LogP contribution is 2.24. The Morgan fingerprint density at radius 1 is 1.32 bits per heavy atom. The van der Waals surface area contributed by atoms with Crippen molar-refractivity contribution in [3.8, 4) is 0 Å². The predicted octanol–water partition coefficient (Wildman–Crippen LogP) is 3.53. The van der Waals surface area contributed by atoms with Crippen molar-refractivity contribution in [2.75, 3.05) is 11.1 Å². The first-order valence-corrected chi connectivity index (χ1v) is 6.21. The quantitative estimate of drug-likeness (QED) is 0.833. The Morgan fingerprint density at radius 2 is 2.05 bits per heavy atom. The number of nitrogens with two attached hydrogens (primary N) is 1. The summed E-state index contributed by atoms with van der Waals surface area (Å²) in [4.78, 5) is 15.9. The SMILES string of the molecule is Cc1ccc(NC(=O)c2cc(N)cnc2Cl)c(Cl)c1. The summed E-state index contributed by atoms with van der Waals surface area (Å²) >= 11 is 11.9. The van der Waals surface area contributed by atoms with Crippen molar-refractivity contribution in [3.05, 3.63) is 51.8 Å². The van der Waals surface area contributed by atoms with Gasteiger partial charge in [0.05, 0.1) is 28.2 Å². The number of anilines is 2. The molecule has 2 aromatic rings. The molecule has 1 amide bonds. The fourth-order valence-corrected chi connectivity index (χ4v) is 2.01. The molecular weight excluding hydrogens is 285 g/mol. The highest BCUT2D eigenvalue weighted by atomic mass is 35.5. The molecule has 0 aliphatic heterocycles.